The molecule has 1 N–H and O–H groups in total. The average Bonchev–Trinajstić information content (AvgIpc) is 2.67. The Morgan fingerprint density at radius 2 is 1.70 bits per heavy atom. The average molecular weight is 392 g/mol. The summed E-state index contributed by atoms with van der Waals surface area (Å²) >= 11 is 0. The highest BCUT2D eigenvalue weighted by Crippen LogP contribution is 2.26. The SMILES string of the molecule is CC1=CCCN(C(=O)C2CCN(S(=O)(=O)c3ccc(C(=O)O)cc3)CC2)C1. The van der Waals surface area contributed by atoms with Crippen LogP contribution < -0.4 is 0 Å². The van der Waals surface area contributed by atoms with Crippen LogP contribution >= 0.6 is 0 Å². The molecule has 0 saturated carbocycles. The quantitative estimate of drug-likeness (QED) is 0.791. The van der Waals surface area contributed by atoms with Gasteiger partial charge in [-0.2, -0.15) is 4.31 Å². The van der Waals surface area contributed by atoms with E-state index in [2.05, 4.69) is 6.08 Å². The molecule has 7 nitrogen and oxygen atoms in total. The Morgan fingerprint density at radius 1 is 1.07 bits per heavy atom. The summed E-state index contributed by atoms with van der Waals surface area (Å²) in [5.74, 6) is -1.12. The minimum atomic E-state index is -3.68. The van der Waals surface area contributed by atoms with Gasteiger partial charge in [0.25, 0.3) is 0 Å². The van der Waals surface area contributed by atoms with Crippen LogP contribution in [0.25, 0.3) is 0 Å². The number of carboxylic acids is 1. The summed E-state index contributed by atoms with van der Waals surface area (Å²) in [6.45, 7) is 3.99. The maximum atomic E-state index is 12.8. The molecule has 1 saturated heterocycles. The molecule has 3 rings (SSSR count). The van der Waals surface area contributed by atoms with Crippen LogP contribution in [0.15, 0.2) is 40.8 Å². The predicted octanol–water partition coefficient (Wildman–Crippen LogP) is 1.96. The van der Waals surface area contributed by atoms with Gasteiger partial charge in [-0.25, -0.2) is 13.2 Å². The van der Waals surface area contributed by atoms with E-state index in [0.29, 0.717) is 32.5 Å². The molecule has 0 bridgehead atoms. The van der Waals surface area contributed by atoms with E-state index >= 15 is 0 Å². The van der Waals surface area contributed by atoms with Crippen molar-refractivity contribution in [1.29, 1.82) is 0 Å². The van der Waals surface area contributed by atoms with Crippen molar-refractivity contribution in [3.63, 3.8) is 0 Å². The Balaban J connectivity index is 1.63. The number of carbonyl (C=O) groups excluding carboxylic acids is 1. The lowest BCUT2D eigenvalue weighted by molar-refractivity contribution is -0.136. The highest BCUT2D eigenvalue weighted by molar-refractivity contribution is 7.89. The highest BCUT2D eigenvalue weighted by atomic mass is 32.2. The molecule has 0 unspecified atom stereocenters. The zero-order valence-electron chi connectivity index (χ0n) is 15.3. The number of piperidine rings is 1. The van der Waals surface area contributed by atoms with Crippen molar-refractivity contribution in [3.8, 4) is 0 Å². The van der Waals surface area contributed by atoms with E-state index in [9.17, 15) is 18.0 Å². The van der Waals surface area contributed by atoms with Crippen LogP contribution in [0, 0.1) is 5.92 Å². The van der Waals surface area contributed by atoms with Gasteiger partial charge in [-0.3, -0.25) is 4.79 Å². The van der Waals surface area contributed by atoms with Crippen LogP contribution in [0.4, 0.5) is 0 Å². The van der Waals surface area contributed by atoms with E-state index in [1.165, 1.54) is 34.1 Å². The molecule has 146 valence electrons. The monoisotopic (exact) mass is 392 g/mol. The molecule has 1 fully saturated rings. The van der Waals surface area contributed by atoms with Crippen molar-refractivity contribution in [2.45, 2.75) is 31.1 Å². The van der Waals surface area contributed by atoms with Gasteiger partial charge >= 0.3 is 5.97 Å². The van der Waals surface area contributed by atoms with Crippen molar-refractivity contribution >= 4 is 21.9 Å². The number of benzene rings is 1. The number of amides is 1. The number of rotatable bonds is 4. The van der Waals surface area contributed by atoms with Crippen molar-refractivity contribution in [1.82, 2.24) is 9.21 Å². The number of aromatic carboxylic acids is 1. The molecular weight excluding hydrogens is 368 g/mol. The van der Waals surface area contributed by atoms with Gasteiger partial charge in [0.1, 0.15) is 0 Å². The summed E-state index contributed by atoms with van der Waals surface area (Å²) in [6, 6.07) is 5.22. The van der Waals surface area contributed by atoms with E-state index in [0.717, 1.165) is 13.0 Å². The largest absolute Gasteiger partial charge is 0.478 e. The third-order valence-electron chi connectivity index (χ3n) is 5.19. The van der Waals surface area contributed by atoms with Crippen LogP contribution in [0.2, 0.25) is 0 Å². The topological polar surface area (TPSA) is 95.0 Å². The molecule has 8 heteroatoms. The summed E-state index contributed by atoms with van der Waals surface area (Å²) in [4.78, 5) is 25.6. The first-order chi connectivity index (χ1) is 12.8. The van der Waals surface area contributed by atoms with E-state index < -0.39 is 16.0 Å². The van der Waals surface area contributed by atoms with Gasteiger partial charge < -0.3 is 10.0 Å². The number of hydrogen-bond donors (Lipinski definition) is 1. The van der Waals surface area contributed by atoms with Crippen LogP contribution in [-0.2, 0) is 14.8 Å². The van der Waals surface area contributed by atoms with Gasteiger partial charge in [0.2, 0.25) is 15.9 Å². The lowest BCUT2D eigenvalue weighted by Gasteiger charge is -2.34. The molecule has 27 heavy (non-hydrogen) atoms. The first-order valence-corrected chi connectivity index (χ1v) is 10.5. The standard InChI is InChI=1S/C19H24N2O5S/c1-14-3-2-10-20(13-14)18(22)15-8-11-21(12-9-15)27(25,26)17-6-4-16(5-7-17)19(23)24/h3-7,15H,2,8-13H2,1H3,(H,23,24). The van der Waals surface area contributed by atoms with E-state index in [1.807, 2.05) is 11.8 Å². The molecule has 1 aromatic rings. The maximum Gasteiger partial charge on any atom is 0.335 e. The van der Waals surface area contributed by atoms with Crippen molar-refractivity contribution in [3.05, 3.63) is 41.5 Å². The predicted molar refractivity (Wildman–Crippen MR) is 99.8 cm³/mol. The van der Waals surface area contributed by atoms with Crippen LogP contribution in [0.5, 0.6) is 0 Å². The van der Waals surface area contributed by atoms with Crippen LogP contribution in [0.3, 0.4) is 0 Å². The zero-order chi connectivity index (χ0) is 19.6. The fraction of sp³-hybridized carbons (Fsp3) is 0.474. The Kier molecular flexibility index (Phi) is 5.67. The Bertz CT molecular complexity index is 853. The summed E-state index contributed by atoms with van der Waals surface area (Å²) in [7, 11) is -3.68. The molecule has 2 heterocycles. The molecule has 2 aliphatic heterocycles. The number of sulfonamides is 1. The minimum absolute atomic E-state index is 0.0455. The summed E-state index contributed by atoms with van der Waals surface area (Å²) in [5, 5.41) is 8.93. The van der Waals surface area contributed by atoms with Crippen molar-refractivity contribution < 1.29 is 23.1 Å². The minimum Gasteiger partial charge on any atom is -0.478 e. The molecule has 0 aromatic heterocycles. The number of carbonyl (C=O) groups is 2. The molecule has 0 spiro atoms. The number of hydrogen-bond acceptors (Lipinski definition) is 4. The van der Waals surface area contributed by atoms with E-state index in [-0.39, 0.29) is 22.3 Å². The van der Waals surface area contributed by atoms with Gasteiger partial charge in [0.15, 0.2) is 0 Å². The molecule has 1 amide bonds. The zero-order valence-corrected chi connectivity index (χ0v) is 16.1. The van der Waals surface area contributed by atoms with Crippen molar-refractivity contribution in [2.24, 2.45) is 5.92 Å². The van der Waals surface area contributed by atoms with Gasteiger partial charge in [-0.05, 0) is 50.5 Å². The smallest absolute Gasteiger partial charge is 0.335 e. The van der Waals surface area contributed by atoms with Crippen LogP contribution in [-0.4, -0.2) is 60.8 Å². The summed E-state index contributed by atoms with van der Waals surface area (Å²) in [6.07, 6.45) is 4.03. The van der Waals surface area contributed by atoms with E-state index in [1.54, 1.807) is 0 Å². The summed E-state index contributed by atoms with van der Waals surface area (Å²) in [5.41, 5.74) is 1.24. The Hall–Kier alpha value is -2.19. The van der Waals surface area contributed by atoms with Crippen LogP contribution in [0.1, 0.15) is 36.5 Å². The second-order valence-corrected chi connectivity index (χ2v) is 9.04. The Morgan fingerprint density at radius 3 is 2.26 bits per heavy atom. The number of nitrogens with zero attached hydrogens (tertiary/aromatic N) is 2. The molecule has 2 aliphatic rings. The van der Waals surface area contributed by atoms with Crippen molar-refractivity contribution in [2.75, 3.05) is 26.2 Å². The maximum absolute atomic E-state index is 12.8. The molecule has 1 aromatic carbocycles. The number of carboxylic acid groups (broad SMARTS) is 1. The molecule has 0 radical (unpaired) electrons. The second-order valence-electron chi connectivity index (χ2n) is 7.11. The first-order valence-electron chi connectivity index (χ1n) is 9.07. The van der Waals surface area contributed by atoms with Gasteiger partial charge in [-0.15, -0.1) is 0 Å². The third kappa shape index (κ3) is 4.22. The van der Waals surface area contributed by atoms with Gasteiger partial charge in [0, 0.05) is 32.1 Å². The fourth-order valence-corrected chi connectivity index (χ4v) is 5.09. The normalized spacial score (nSPS) is 19.6. The second kappa shape index (κ2) is 7.82. The highest BCUT2D eigenvalue weighted by Gasteiger charge is 2.34. The molecule has 0 atom stereocenters. The molecular formula is C19H24N2O5S. The first kappa shape index (κ1) is 19.6. The third-order valence-corrected chi connectivity index (χ3v) is 7.10. The lowest BCUT2D eigenvalue weighted by atomic mass is 9.95. The fourth-order valence-electron chi connectivity index (χ4n) is 3.62. The lowest BCUT2D eigenvalue weighted by Crippen LogP contribution is -2.45. The van der Waals surface area contributed by atoms with E-state index in [4.69, 9.17) is 5.11 Å². The van der Waals surface area contributed by atoms with Gasteiger partial charge in [-0.1, -0.05) is 11.6 Å². The Labute approximate surface area is 159 Å². The van der Waals surface area contributed by atoms with Gasteiger partial charge in [0.05, 0.1) is 10.5 Å². The molecule has 0 aliphatic carbocycles. The summed E-state index contributed by atoms with van der Waals surface area (Å²) < 4.78 is 26.9.